The summed E-state index contributed by atoms with van der Waals surface area (Å²) in [5, 5.41) is 45.0. The number of allylic oxidation sites excluding steroid dienone is 1. The lowest BCUT2D eigenvalue weighted by Gasteiger charge is -2.61. The van der Waals surface area contributed by atoms with Gasteiger partial charge in [-0.3, -0.25) is 0 Å². The SMILES string of the molecule is CC1=C(C)C(=O)OC(C(C)(O)C2CCC3C4CC=C5CC(O)CC(O)C5(C)C4CC(O)C32C)C1. The average Bonchev–Trinajstić information content (AvgIpc) is 3.13. The predicted molar refractivity (Wildman–Crippen MR) is 127 cm³/mol. The van der Waals surface area contributed by atoms with Crippen LogP contribution in [0.3, 0.4) is 0 Å². The van der Waals surface area contributed by atoms with Gasteiger partial charge in [0, 0.05) is 29.2 Å². The van der Waals surface area contributed by atoms with Crippen LogP contribution < -0.4 is 0 Å². The highest BCUT2D eigenvalue weighted by atomic mass is 16.6. The van der Waals surface area contributed by atoms with Crippen molar-refractivity contribution >= 4 is 5.97 Å². The summed E-state index contributed by atoms with van der Waals surface area (Å²) in [6.45, 7) is 9.75. The normalized spacial score (nSPS) is 50.5. The minimum absolute atomic E-state index is 0.145. The second-order valence-electron chi connectivity index (χ2n) is 12.7. The van der Waals surface area contributed by atoms with E-state index in [1.165, 1.54) is 0 Å². The molecule has 1 heterocycles. The summed E-state index contributed by atoms with van der Waals surface area (Å²) in [6, 6.07) is 0. The smallest absolute Gasteiger partial charge is 0.334 e. The Kier molecular flexibility index (Phi) is 5.68. The molecule has 11 unspecified atom stereocenters. The summed E-state index contributed by atoms with van der Waals surface area (Å²) in [6.07, 6.45) is 4.53. The van der Waals surface area contributed by atoms with E-state index in [9.17, 15) is 25.2 Å². The molecule has 0 radical (unpaired) electrons. The van der Waals surface area contributed by atoms with Gasteiger partial charge in [-0.05, 0) is 76.5 Å². The van der Waals surface area contributed by atoms with Crippen LogP contribution in [-0.2, 0) is 9.53 Å². The fraction of sp³-hybridized carbons (Fsp3) is 0.821. The molecule has 11 atom stereocenters. The number of aliphatic hydroxyl groups excluding tert-OH is 3. The summed E-state index contributed by atoms with van der Waals surface area (Å²) in [5.41, 5.74) is 0.548. The standard InChI is InChI=1S/C28H42O6/c1-14-10-24(34-25(32)15(14)2)28(5,33)21-9-8-19-18-7-6-16-11-17(29)12-22(30)26(16,3)20(18)13-23(31)27(19,21)4/h6,17-24,29-31,33H,7-13H2,1-5H3. The van der Waals surface area contributed by atoms with Gasteiger partial charge in [0.15, 0.2) is 0 Å². The van der Waals surface area contributed by atoms with Crippen LogP contribution in [0.2, 0.25) is 0 Å². The number of esters is 1. The summed E-state index contributed by atoms with van der Waals surface area (Å²) in [5.74, 6) is 0.118. The maximum Gasteiger partial charge on any atom is 0.334 e. The van der Waals surface area contributed by atoms with E-state index in [2.05, 4.69) is 19.9 Å². The van der Waals surface area contributed by atoms with Crippen LogP contribution in [0.5, 0.6) is 0 Å². The molecule has 0 aromatic carbocycles. The van der Waals surface area contributed by atoms with Gasteiger partial charge in [-0.25, -0.2) is 4.79 Å². The third-order valence-corrected chi connectivity index (χ3v) is 11.3. The lowest BCUT2D eigenvalue weighted by molar-refractivity contribution is -0.204. The average molecular weight is 475 g/mol. The first-order valence-electron chi connectivity index (χ1n) is 13.2. The van der Waals surface area contributed by atoms with E-state index >= 15 is 0 Å². The molecule has 6 heteroatoms. The largest absolute Gasteiger partial charge is 0.456 e. The number of carbonyl (C=O) groups is 1. The van der Waals surface area contributed by atoms with Crippen LogP contribution in [0.15, 0.2) is 22.8 Å². The number of carbonyl (C=O) groups excluding carboxylic acids is 1. The second kappa shape index (κ2) is 7.89. The van der Waals surface area contributed by atoms with E-state index in [0.29, 0.717) is 37.2 Å². The molecule has 4 N–H and O–H groups in total. The van der Waals surface area contributed by atoms with Gasteiger partial charge in [-0.2, -0.15) is 0 Å². The van der Waals surface area contributed by atoms with Crippen LogP contribution >= 0.6 is 0 Å². The topological polar surface area (TPSA) is 107 Å². The quantitative estimate of drug-likeness (QED) is 0.361. The van der Waals surface area contributed by atoms with Crippen molar-refractivity contribution in [3.05, 3.63) is 22.8 Å². The lowest BCUT2D eigenvalue weighted by atomic mass is 9.45. The van der Waals surface area contributed by atoms with Crippen molar-refractivity contribution in [2.45, 2.75) is 110 Å². The molecule has 34 heavy (non-hydrogen) atoms. The maximum atomic E-state index is 12.4. The Balaban J connectivity index is 1.47. The number of rotatable bonds is 2. The number of fused-ring (bicyclic) bond motifs is 5. The molecule has 190 valence electrons. The molecule has 3 fully saturated rings. The fourth-order valence-corrected chi connectivity index (χ4v) is 9.03. The van der Waals surface area contributed by atoms with Crippen molar-refractivity contribution in [2.24, 2.45) is 34.5 Å². The van der Waals surface area contributed by atoms with Crippen molar-refractivity contribution in [1.82, 2.24) is 0 Å². The van der Waals surface area contributed by atoms with Crippen molar-refractivity contribution in [2.75, 3.05) is 0 Å². The summed E-state index contributed by atoms with van der Waals surface area (Å²) < 4.78 is 5.73. The molecule has 6 nitrogen and oxygen atoms in total. The highest BCUT2D eigenvalue weighted by Gasteiger charge is 2.67. The highest BCUT2D eigenvalue weighted by Crippen LogP contribution is 2.68. The van der Waals surface area contributed by atoms with Gasteiger partial charge in [-0.15, -0.1) is 0 Å². The molecule has 0 aromatic heterocycles. The summed E-state index contributed by atoms with van der Waals surface area (Å²) in [4.78, 5) is 12.4. The van der Waals surface area contributed by atoms with Gasteiger partial charge in [0.25, 0.3) is 0 Å². The van der Waals surface area contributed by atoms with Crippen LogP contribution in [-0.4, -0.2) is 56.4 Å². The van der Waals surface area contributed by atoms with E-state index in [1.54, 1.807) is 13.8 Å². The minimum atomic E-state index is -1.25. The Hall–Kier alpha value is -1.21. The van der Waals surface area contributed by atoms with E-state index in [-0.39, 0.29) is 23.7 Å². The first-order valence-corrected chi connectivity index (χ1v) is 13.2. The zero-order valence-electron chi connectivity index (χ0n) is 21.3. The molecule has 5 rings (SSSR count). The molecule has 1 aliphatic heterocycles. The van der Waals surface area contributed by atoms with Crippen LogP contribution in [0.25, 0.3) is 0 Å². The molecule has 3 saturated carbocycles. The number of hydrogen-bond donors (Lipinski definition) is 4. The van der Waals surface area contributed by atoms with E-state index in [0.717, 1.165) is 30.4 Å². The van der Waals surface area contributed by atoms with E-state index in [1.807, 2.05) is 6.92 Å². The lowest BCUT2D eigenvalue weighted by Crippen LogP contribution is -2.62. The first-order chi connectivity index (χ1) is 15.8. The first kappa shape index (κ1) is 24.5. The van der Waals surface area contributed by atoms with Gasteiger partial charge >= 0.3 is 5.97 Å². The zero-order chi connectivity index (χ0) is 24.8. The fourth-order valence-electron chi connectivity index (χ4n) is 9.03. The third-order valence-electron chi connectivity index (χ3n) is 11.3. The van der Waals surface area contributed by atoms with Crippen LogP contribution in [0.4, 0.5) is 0 Å². The Morgan fingerprint density at radius 1 is 1.03 bits per heavy atom. The monoisotopic (exact) mass is 474 g/mol. The number of ether oxygens (including phenoxy) is 1. The number of aliphatic hydroxyl groups is 4. The Labute approximate surface area is 203 Å². The number of cyclic esters (lactones) is 1. The van der Waals surface area contributed by atoms with Gasteiger partial charge < -0.3 is 25.2 Å². The third kappa shape index (κ3) is 3.17. The summed E-state index contributed by atoms with van der Waals surface area (Å²) in [7, 11) is 0. The zero-order valence-corrected chi connectivity index (χ0v) is 21.3. The molecule has 0 bridgehead atoms. The molecular weight excluding hydrogens is 432 g/mol. The van der Waals surface area contributed by atoms with Crippen molar-refractivity contribution in [1.29, 1.82) is 0 Å². The molecule has 0 saturated heterocycles. The molecule has 5 aliphatic rings. The van der Waals surface area contributed by atoms with Gasteiger partial charge in [-0.1, -0.05) is 31.1 Å². The van der Waals surface area contributed by atoms with Crippen molar-refractivity contribution < 1.29 is 30.0 Å². The van der Waals surface area contributed by atoms with Crippen LogP contribution in [0.1, 0.15) is 79.6 Å². The number of hydrogen-bond acceptors (Lipinski definition) is 6. The van der Waals surface area contributed by atoms with Crippen LogP contribution in [0, 0.1) is 34.5 Å². The Bertz CT molecular complexity index is 935. The molecule has 4 aliphatic carbocycles. The van der Waals surface area contributed by atoms with Crippen molar-refractivity contribution in [3.63, 3.8) is 0 Å². The second-order valence-corrected chi connectivity index (χ2v) is 12.7. The Morgan fingerprint density at radius 2 is 1.74 bits per heavy atom. The summed E-state index contributed by atoms with van der Waals surface area (Å²) >= 11 is 0. The maximum absolute atomic E-state index is 12.4. The Morgan fingerprint density at radius 3 is 2.41 bits per heavy atom. The highest BCUT2D eigenvalue weighted by molar-refractivity contribution is 5.89. The van der Waals surface area contributed by atoms with E-state index in [4.69, 9.17) is 4.74 Å². The van der Waals surface area contributed by atoms with Gasteiger partial charge in [0.1, 0.15) is 11.7 Å². The van der Waals surface area contributed by atoms with Gasteiger partial charge in [0.2, 0.25) is 0 Å². The molecule has 0 aromatic rings. The molecular formula is C28H42O6. The molecule has 0 spiro atoms. The minimum Gasteiger partial charge on any atom is -0.456 e. The van der Waals surface area contributed by atoms with Gasteiger partial charge in [0.05, 0.1) is 18.3 Å². The van der Waals surface area contributed by atoms with Crippen molar-refractivity contribution in [3.8, 4) is 0 Å². The van der Waals surface area contributed by atoms with E-state index < -0.39 is 40.8 Å². The predicted octanol–water partition coefficient (Wildman–Crippen LogP) is 3.27. The molecule has 0 amide bonds.